The lowest BCUT2D eigenvalue weighted by Crippen LogP contribution is -2.32. The summed E-state index contributed by atoms with van der Waals surface area (Å²) in [6.45, 7) is 4.47. The third-order valence-corrected chi connectivity index (χ3v) is 7.20. The number of methoxy groups -OCH3 is 1. The van der Waals surface area contributed by atoms with Gasteiger partial charge >= 0.3 is 0 Å². The second-order valence-corrected chi connectivity index (χ2v) is 9.24. The molecule has 6 heteroatoms. The first-order valence-corrected chi connectivity index (χ1v) is 10.2. The molecule has 0 saturated heterocycles. The molecule has 128 valence electrons. The predicted molar refractivity (Wildman–Crippen MR) is 98.6 cm³/mol. The largest absolute Gasteiger partial charge is 0.496 e. The highest BCUT2D eigenvalue weighted by molar-refractivity contribution is 8.00. The Morgan fingerprint density at radius 3 is 2.67 bits per heavy atom. The van der Waals surface area contributed by atoms with E-state index in [1.807, 2.05) is 31.2 Å². The van der Waals surface area contributed by atoms with Gasteiger partial charge < -0.3 is 4.74 Å². The zero-order valence-corrected chi connectivity index (χ0v) is 15.7. The lowest BCUT2D eigenvalue weighted by atomic mass is 10.2. The van der Waals surface area contributed by atoms with E-state index < -0.39 is 10.0 Å². The van der Waals surface area contributed by atoms with Crippen LogP contribution in [-0.4, -0.2) is 27.3 Å². The third-order valence-electron chi connectivity index (χ3n) is 4.16. The summed E-state index contributed by atoms with van der Waals surface area (Å²) in [7, 11) is -2.02. The molecule has 0 saturated carbocycles. The van der Waals surface area contributed by atoms with Crippen molar-refractivity contribution in [3.8, 4) is 5.75 Å². The fraction of sp³-hybridized carbons (Fsp3) is 0.333. The van der Waals surface area contributed by atoms with Crippen molar-refractivity contribution in [2.75, 3.05) is 18.0 Å². The van der Waals surface area contributed by atoms with Crippen LogP contribution in [0.15, 0.2) is 52.3 Å². The lowest BCUT2D eigenvalue weighted by Gasteiger charge is -2.24. The van der Waals surface area contributed by atoms with Gasteiger partial charge in [0, 0.05) is 16.7 Å². The summed E-state index contributed by atoms with van der Waals surface area (Å²) in [6, 6.07) is 12.7. The second kappa shape index (κ2) is 6.69. The molecule has 0 fully saturated rings. The Balaban J connectivity index is 2.08. The monoisotopic (exact) mass is 363 g/mol. The SMILES string of the molecule is COc1ccc(S(=O)(=O)N2CCC(C)Sc3ccccc32)cc1C. The molecule has 0 aromatic heterocycles. The molecule has 0 aliphatic carbocycles. The molecule has 1 aliphatic heterocycles. The van der Waals surface area contributed by atoms with Crippen LogP contribution in [0.5, 0.6) is 5.75 Å². The molecule has 4 nitrogen and oxygen atoms in total. The molecule has 1 unspecified atom stereocenters. The molecule has 1 aliphatic rings. The van der Waals surface area contributed by atoms with Gasteiger partial charge in [0.15, 0.2) is 0 Å². The van der Waals surface area contributed by atoms with Crippen molar-refractivity contribution in [1.82, 2.24) is 0 Å². The number of sulfonamides is 1. The van der Waals surface area contributed by atoms with Gasteiger partial charge in [-0.15, -0.1) is 11.8 Å². The van der Waals surface area contributed by atoms with Crippen LogP contribution in [0.3, 0.4) is 0 Å². The van der Waals surface area contributed by atoms with Crippen LogP contribution in [0.25, 0.3) is 0 Å². The quantitative estimate of drug-likeness (QED) is 0.824. The molecule has 2 aromatic carbocycles. The molecule has 0 amide bonds. The number of thioether (sulfide) groups is 1. The van der Waals surface area contributed by atoms with Crippen LogP contribution < -0.4 is 9.04 Å². The molecule has 24 heavy (non-hydrogen) atoms. The molecule has 1 atom stereocenters. The van der Waals surface area contributed by atoms with E-state index in [2.05, 4.69) is 6.92 Å². The fourth-order valence-corrected chi connectivity index (χ4v) is 5.60. The van der Waals surface area contributed by atoms with Gasteiger partial charge in [0.2, 0.25) is 0 Å². The minimum atomic E-state index is -3.61. The maximum Gasteiger partial charge on any atom is 0.264 e. The van der Waals surface area contributed by atoms with E-state index in [0.717, 1.165) is 22.6 Å². The molecule has 0 bridgehead atoms. The summed E-state index contributed by atoms with van der Waals surface area (Å²) < 4.78 is 33.3. The number of rotatable bonds is 3. The Bertz CT molecular complexity index is 849. The van der Waals surface area contributed by atoms with Gasteiger partial charge in [0.05, 0.1) is 17.7 Å². The summed E-state index contributed by atoms with van der Waals surface area (Å²) in [5.41, 5.74) is 1.57. The molecule has 0 N–H and O–H groups in total. The highest BCUT2D eigenvalue weighted by atomic mass is 32.2. The van der Waals surface area contributed by atoms with Gasteiger partial charge in [0.25, 0.3) is 10.0 Å². The number of fused-ring (bicyclic) bond motifs is 1. The van der Waals surface area contributed by atoms with E-state index >= 15 is 0 Å². The molecule has 2 aromatic rings. The zero-order chi connectivity index (χ0) is 17.3. The Hall–Kier alpha value is -1.66. The van der Waals surface area contributed by atoms with Gasteiger partial charge in [-0.25, -0.2) is 8.42 Å². The van der Waals surface area contributed by atoms with Crippen molar-refractivity contribution >= 4 is 27.5 Å². The highest BCUT2D eigenvalue weighted by Crippen LogP contribution is 2.39. The van der Waals surface area contributed by atoms with Crippen LogP contribution in [0, 0.1) is 6.92 Å². The number of hydrogen-bond donors (Lipinski definition) is 0. The van der Waals surface area contributed by atoms with E-state index in [0.29, 0.717) is 22.4 Å². The summed E-state index contributed by atoms with van der Waals surface area (Å²) in [5, 5.41) is 0.379. The van der Waals surface area contributed by atoms with Crippen molar-refractivity contribution in [2.24, 2.45) is 0 Å². The summed E-state index contributed by atoms with van der Waals surface area (Å²) in [6.07, 6.45) is 0.813. The van der Waals surface area contributed by atoms with Crippen molar-refractivity contribution in [3.63, 3.8) is 0 Å². The van der Waals surface area contributed by atoms with E-state index in [4.69, 9.17) is 4.74 Å². The summed E-state index contributed by atoms with van der Waals surface area (Å²) >= 11 is 1.73. The minimum Gasteiger partial charge on any atom is -0.496 e. The smallest absolute Gasteiger partial charge is 0.264 e. The van der Waals surface area contributed by atoms with Crippen LogP contribution >= 0.6 is 11.8 Å². The molecule has 3 rings (SSSR count). The Morgan fingerprint density at radius 2 is 1.96 bits per heavy atom. The fourth-order valence-electron chi connectivity index (χ4n) is 2.85. The first-order chi connectivity index (χ1) is 11.4. The van der Waals surface area contributed by atoms with Crippen molar-refractivity contribution in [1.29, 1.82) is 0 Å². The maximum absolute atomic E-state index is 13.2. The van der Waals surface area contributed by atoms with Crippen molar-refractivity contribution in [3.05, 3.63) is 48.0 Å². The predicted octanol–water partition coefficient (Wildman–Crippen LogP) is 4.08. The number of benzene rings is 2. The van der Waals surface area contributed by atoms with Gasteiger partial charge in [0.1, 0.15) is 5.75 Å². The van der Waals surface area contributed by atoms with Gasteiger partial charge in [-0.1, -0.05) is 19.1 Å². The second-order valence-electron chi connectivity index (χ2n) is 5.89. The Morgan fingerprint density at radius 1 is 1.21 bits per heavy atom. The minimum absolute atomic E-state index is 0.301. The number of para-hydroxylation sites is 1. The normalized spacial score (nSPS) is 18.0. The van der Waals surface area contributed by atoms with Crippen molar-refractivity contribution in [2.45, 2.75) is 35.3 Å². The number of hydrogen-bond acceptors (Lipinski definition) is 4. The molecular formula is C18H21NO3S2. The first-order valence-electron chi connectivity index (χ1n) is 7.86. The number of ether oxygens (including phenoxy) is 1. The first kappa shape index (κ1) is 17.2. The van der Waals surface area contributed by atoms with Gasteiger partial charge in [-0.2, -0.15) is 0 Å². The Kier molecular flexibility index (Phi) is 4.78. The maximum atomic E-state index is 13.2. The molecule has 1 heterocycles. The van der Waals surface area contributed by atoms with Gasteiger partial charge in [-0.05, 0) is 49.2 Å². The van der Waals surface area contributed by atoms with Crippen LogP contribution in [0.2, 0.25) is 0 Å². The van der Waals surface area contributed by atoms with Gasteiger partial charge in [-0.3, -0.25) is 4.31 Å². The third kappa shape index (κ3) is 3.13. The lowest BCUT2D eigenvalue weighted by molar-refractivity contribution is 0.411. The topological polar surface area (TPSA) is 46.6 Å². The standard InChI is InChI=1S/C18H21NO3S2/c1-13-12-15(8-9-17(13)22-3)24(20,21)19-11-10-14(2)23-18-7-5-4-6-16(18)19/h4-9,12,14H,10-11H2,1-3H3. The average molecular weight is 364 g/mol. The van der Waals surface area contributed by atoms with E-state index in [-0.39, 0.29) is 0 Å². The number of aryl methyl sites for hydroxylation is 1. The van der Waals surface area contributed by atoms with E-state index in [1.165, 1.54) is 0 Å². The molecule has 0 spiro atoms. The van der Waals surface area contributed by atoms with Crippen LogP contribution in [-0.2, 0) is 10.0 Å². The summed E-state index contributed by atoms with van der Waals surface area (Å²) in [4.78, 5) is 1.31. The Labute approximate surface area is 147 Å². The van der Waals surface area contributed by atoms with E-state index in [9.17, 15) is 8.42 Å². The average Bonchev–Trinajstić information content (AvgIpc) is 2.73. The van der Waals surface area contributed by atoms with E-state index in [1.54, 1.807) is 41.4 Å². The van der Waals surface area contributed by atoms with Crippen LogP contribution in [0.4, 0.5) is 5.69 Å². The van der Waals surface area contributed by atoms with Crippen molar-refractivity contribution < 1.29 is 13.2 Å². The molecular weight excluding hydrogens is 342 g/mol. The number of anilines is 1. The van der Waals surface area contributed by atoms with Crippen LogP contribution in [0.1, 0.15) is 18.9 Å². The zero-order valence-electron chi connectivity index (χ0n) is 14.0. The highest BCUT2D eigenvalue weighted by Gasteiger charge is 2.30. The summed E-state index contributed by atoms with van der Waals surface area (Å²) in [5.74, 6) is 0.689. The number of nitrogens with zero attached hydrogens (tertiary/aromatic N) is 1. The molecule has 0 radical (unpaired) electrons.